The third-order valence-electron chi connectivity index (χ3n) is 4.50. The summed E-state index contributed by atoms with van der Waals surface area (Å²) in [5.74, 6) is 0. The fraction of sp³-hybridized carbons (Fsp3) is 0.242. The van der Waals surface area contributed by atoms with Crippen LogP contribution in [0, 0.1) is 62.8 Å². The van der Waals surface area contributed by atoms with Crippen LogP contribution in [0.15, 0.2) is 104 Å². The first-order valence-corrected chi connectivity index (χ1v) is 13.8. The number of hydrogen-bond donors (Lipinski definition) is 0. The predicted octanol–water partition coefficient (Wildman–Crippen LogP) is 3.14. The molecular weight excluding hydrogens is 1090 g/mol. The minimum absolute atomic E-state index is 0. The summed E-state index contributed by atoms with van der Waals surface area (Å²) in [5.41, 5.74) is 0.690. The molecule has 20 nitrogen and oxygen atoms in total. The first kappa shape index (κ1) is 93.9. The van der Waals surface area contributed by atoms with Crippen molar-refractivity contribution in [3.63, 3.8) is 0 Å². The Bertz CT molecular complexity index is 1310. The Hall–Kier alpha value is -1.92. The second-order valence-electron chi connectivity index (χ2n) is 8.87. The van der Waals surface area contributed by atoms with Gasteiger partial charge in [0, 0.05) is 234 Å². The van der Waals surface area contributed by atoms with Crippen molar-refractivity contribution < 1.29 is 153 Å². The van der Waals surface area contributed by atoms with Crippen molar-refractivity contribution in [2.45, 2.75) is 6.92 Å². The van der Waals surface area contributed by atoms with Crippen LogP contribution in [0.1, 0.15) is 5.69 Å². The molecule has 8 aromatic heterocycles. The number of rotatable bonds is 0. The van der Waals surface area contributed by atoms with Crippen molar-refractivity contribution in [2.24, 2.45) is 49.3 Å². The molecule has 0 saturated heterocycles. The fourth-order valence-electron chi connectivity index (χ4n) is 2.28. The minimum Gasteiger partial charge on any atom is -0.548 e. The Morgan fingerprint density at radius 2 is 1.18 bits per heavy atom. The van der Waals surface area contributed by atoms with Gasteiger partial charge in [-0.15, -0.1) is 11.3 Å². The van der Waals surface area contributed by atoms with Crippen LogP contribution in [-0.4, -0.2) is 93.8 Å². The van der Waals surface area contributed by atoms with E-state index in [1.807, 2.05) is 94.4 Å². The maximum absolute atomic E-state index is 4.23. The SMILES string of the molecule is Cc1[c-]onn1.Cn1[c-]nnc1.Cn1cccc1.Cn1cccn1.Cn1ccnc1.Cn1ccnn1.Cn1cncn1.Cn1n[c-]cn1.[CH3-].[CH3-].[CH3-].[CH3-].[CH3-].[V].[V].[V].[V].[V].[V].[V].[V]. The van der Waals surface area contributed by atoms with Crippen LogP contribution >= 0.6 is 0 Å². The van der Waals surface area contributed by atoms with Crippen molar-refractivity contribution in [3.05, 3.63) is 161 Å². The van der Waals surface area contributed by atoms with Crippen LogP contribution in [0.5, 0.6) is 0 Å². The minimum atomic E-state index is 0. The van der Waals surface area contributed by atoms with Gasteiger partial charge in [-0.25, -0.2) is 26.1 Å². The summed E-state index contributed by atoms with van der Waals surface area (Å²) in [5, 5.41) is 35.4. The van der Waals surface area contributed by atoms with E-state index >= 15 is 0 Å². The zero-order chi connectivity index (χ0) is 35.2. The molecule has 0 aliphatic rings. The molecule has 8 radical (unpaired) electrons. The maximum atomic E-state index is 4.23. The Labute approximate surface area is 459 Å². The van der Waals surface area contributed by atoms with Crippen LogP contribution in [0.3, 0.4) is 0 Å². The van der Waals surface area contributed by atoms with Gasteiger partial charge in [0.2, 0.25) is 0 Å². The molecule has 28 heteroatoms. The molecule has 0 aliphatic heterocycles. The number of aryl methyl sites for hydroxylation is 8. The molecular formula is C33H55N19OV8-8. The number of aromatic nitrogens is 19. The van der Waals surface area contributed by atoms with Crippen LogP contribution in [-0.2, 0) is 198 Å². The van der Waals surface area contributed by atoms with Crippen LogP contribution < -0.4 is 0 Å². The van der Waals surface area contributed by atoms with Gasteiger partial charge < -0.3 is 66.7 Å². The summed E-state index contributed by atoms with van der Waals surface area (Å²) < 4.78 is 14.8. The number of nitrogens with zero attached hydrogens (tertiary/aromatic N) is 19. The molecule has 0 saturated carbocycles. The van der Waals surface area contributed by atoms with Crippen molar-refractivity contribution >= 4 is 0 Å². The number of imidazole rings is 1. The molecule has 336 valence electrons. The average molecular weight is 1140 g/mol. The van der Waals surface area contributed by atoms with E-state index in [9.17, 15) is 0 Å². The predicted molar refractivity (Wildman–Crippen MR) is 203 cm³/mol. The first-order chi connectivity index (χ1) is 23.2. The van der Waals surface area contributed by atoms with E-state index < -0.39 is 0 Å². The van der Waals surface area contributed by atoms with Gasteiger partial charge in [-0.1, -0.05) is 17.8 Å². The molecule has 8 heterocycles. The zero-order valence-electron chi connectivity index (χ0n) is 36.7. The molecule has 0 aliphatic carbocycles. The summed E-state index contributed by atoms with van der Waals surface area (Å²) in [6.45, 7) is 1.76. The van der Waals surface area contributed by atoms with E-state index in [0.717, 1.165) is 0 Å². The third-order valence-corrected chi connectivity index (χ3v) is 4.50. The van der Waals surface area contributed by atoms with Crippen LogP contribution in [0.25, 0.3) is 0 Å². The van der Waals surface area contributed by atoms with Gasteiger partial charge in [-0.3, -0.25) is 24.2 Å². The van der Waals surface area contributed by atoms with Crippen molar-refractivity contribution in [1.29, 1.82) is 0 Å². The van der Waals surface area contributed by atoms with Crippen LogP contribution in [0.4, 0.5) is 0 Å². The molecule has 8 rings (SSSR count). The van der Waals surface area contributed by atoms with Crippen molar-refractivity contribution in [2.75, 3.05) is 0 Å². The smallest absolute Gasteiger partial charge is 0.137 e. The monoisotopic (exact) mass is 1140 g/mol. The third kappa shape index (κ3) is 62.5. The van der Waals surface area contributed by atoms with Crippen molar-refractivity contribution in [3.8, 4) is 0 Å². The van der Waals surface area contributed by atoms with Crippen LogP contribution in [0.2, 0.25) is 0 Å². The number of hydrogen-bond acceptors (Lipinski definition) is 13. The molecule has 0 N–H and O–H groups in total. The fourth-order valence-corrected chi connectivity index (χ4v) is 2.28. The molecule has 0 unspecified atom stereocenters. The molecule has 0 aromatic carbocycles. The molecule has 0 atom stereocenters. The quantitative estimate of drug-likeness (QED) is 0.201. The van der Waals surface area contributed by atoms with Gasteiger partial charge >= 0.3 is 0 Å². The van der Waals surface area contributed by atoms with Gasteiger partial charge in [-0.05, 0) is 43.2 Å². The second kappa shape index (κ2) is 64.7. The van der Waals surface area contributed by atoms with E-state index in [1.165, 1.54) is 17.3 Å². The molecule has 0 bridgehead atoms. The van der Waals surface area contributed by atoms with E-state index in [1.54, 1.807) is 76.4 Å². The summed E-state index contributed by atoms with van der Waals surface area (Å²) in [6.07, 6.45) is 30.2. The standard InChI is InChI=1S/C5H7N.2C4H6N2.C3H4N3.2C3H5N3.C3H4N3.C3H3N2O.5CH3.8V/c1-6-4-2-3-5-6;1-6-3-2-5-4-6;1-6-4-2-3-5-6;1-6-2-4-5-3-6;1-6-3-4-2-5-6;1-6-3-2-4-5-6;1-6-4-2-3-5-6;1-3-2-6-5-4-3;;;;;;;;;;;;;/h2-5H,1H3;2*2-4H,1H3;2H,1H3;2*2-3H,1H3;2H,1H3;1H3;5*1H3;;;;;;;;/q;;;-1;;;7*-1;;;;;;;;. The Balaban J connectivity index is -0.0000000381. The summed E-state index contributed by atoms with van der Waals surface area (Å²) >= 11 is 0. The second-order valence-corrected chi connectivity index (χ2v) is 8.87. The Morgan fingerprint density at radius 3 is 1.31 bits per heavy atom. The van der Waals surface area contributed by atoms with Gasteiger partial charge in [0.25, 0.3) is 0 Å². The first-order valence-electron chi connectivity index (χ1n) is 13.8. The van der Waals surface area contributed by atoms with E-state index in [4.69, 9.17) is 0 Å². The van der Waals surface area contributed by atoms with E-state index in [0.29, 0.717) is 5.69 Å². The summed E-state index contributed by atoms with van der Waals surface area (Å²) in [4.78, 5) is 8.90. The van der Waals surface area contributed by atoms with E-state index in [2.05, 4.69) is 84.6 Å². The molecule has 61 heavy (non-hydrogen) atoms. The molecule has 0 amide bonds. The normalized spacial score (nSPS) is 6.95. The zero-order valence-corrected chi connectivity index (χ0v) is 47.9. The van der Waals surface area contributed by atoms with Gasteiger partial charge in [-0.2, -0.15) is 15.3 Å². The van der Waals surface area contributed by atoms with Gasteiger partial charge in [0.05, 0.1) is 12.5 Å². The topological polar surface area (TPSA) is 202 Å². The summed E-state index contributed by atoms with van der Waals surface area (Å²) in [6, 6.07) is 5.89. The van der Waals surface area contributed by atoms with Gasteiger partial charge in [0.1, 0.15) is 12.7 Å². The Kier molecular flexibility index (Phi) is 99.5. The molecule has 0 spiro atoms. The van der Waals surface area contributed by atoms with E-state index in [-0.39, 0.29) is 186 Å². The molecule has 8 aromatic rings. The Morgan fingerprint density at radius 1 is 0.557 bits per heavy atom. The largest absolute Gasteiger partial charge is 0.548 e. The summed E-state index contributed by atoms with van der Waals surface area (Å²) in [7, 11) is 13.0. The van der Waals surface area contributed by atoms with Crippen molar-refractivity contribution in [1.82, 2.24) is 93.8 Å². The average Bonchev–Trinajstić information content (AvgIpc) is 3.87. The molecule has 0 fully saturated rings. The van der Waals surface area contributed by atoms with Gasteiger partial charge in [0.15, 0.2) is 0 Å². The maximum Gasteiger partial charge on any atom is 0.137 e.